The number of imide groups is 1. The molecule has 8 nitrogen and oxygen atoms in total. The van der Waals surface area contributed by atoms with E-state index in [1.165, 1.54) is 0 Å². The van der Waals surface area contributed by atoms with Crippen LogP contribution in [0, 0.1) is 5.92 Å². The van der Waals surface area contributed by atoms with E-state index in [2.05, 4.69) is 10.6 Å². The summed E-state index contributed by atoms with van der Waals surface area (Å²) in [7, 11) is 1.63. The first kappa shape index (κ1) is 23.7. The van der Waals surface area contributed by atoms with Crippen LogP contribution in [0.3, 0.4) is 0 Å². The summed E-state index contributed by atoms with van der Waals surface area (Å²) in [6, 6.07) is 7.30. The van der Waals surface area contributed by atoms with Gasteiger partial charge in [-0.25, -0.2) is 4.79 Å². The number of urea groups is 1. The van der Waals surface area contributed by atoms with Gasteiger partial charge in [0, 0.05) is 39.1 Å². The molecule has 1 aromatic carbocycles. The first-order valence-corrected chi connectivity index (χ1v) is 10.6. The van der Waals surface area contributed by atoms with Crippen LogP contribution in [0.1, 0.15) is 32.3 Å². The Bertz CT molecular complexity index is 706. The molecule has 0 spiro atoms. The fraction of sp³-hybridized carbons (Fsp3) is 0.591. The lowest BCUT2D eigenvalue weighted by Crippen LogP contribution is -2.46. The first-order valence-electron chi connectivity index (χ1n) is 10.6. The number of ether oxygens (including phenoxy) is 1. The molecule has 0 bridgehead atoms. The molecular weight excluding hydrogens is 384 g/mol. The Balaban J connectivity index is 1.72. The molecule has 0 radical (unpaired) electrons. The largest absolute Gasteiger partial charge is 0.497 e. The van der Waals surface area contributed by atoms with E-state index in [0.717, 1.165) is 24.3 Å². The lowest BCUT2D eigenvalue weighted by molar-refractivity contribution is -0.131. The van der Waals surface area contributed by atoms with Crippen molar-refractivity contribution < 1.29 is 19.1 Å². The Hall–Kier alpha value is -2.61. The summed E-state index contributed by atoms with van der Waals surface area (Å²) in [5, 5.41) is 5.03. The molecule has 0 saturated carbocycles. The van der Waals surface area contributed by atoms with Crippen LogP contribution in [0.2, 0.25) is 0 Å². The maximum atomic E-state index is 12.6. The number of amides is 4. The Morgan fingerprint density at radius 2 is 1.80 bits per heavy atom. The van der Waals surface area contributed by atoms with E-state index in [9.17, 15) is 14.4 Å². The van der Waals surface area contributed by atoms with Gasteiger partial charge in [-0.3, -0.25) is 19.8 Å². The standard InChI is InChI=1S/C22H34N4O4/c1-17(2)15-23-22(29)24-20(27)16-25-11-4-12-26(14-13-25)21(28)10-7-18-5-8-19(30-3)9-6-18/h5-6,8-9,17H,4,7,10-16H2,1-3H3,(H2,23,24,27,29). The average molecular weight is 419 g/mol. The lowest BCUT2D eigenvalue weighted by atomic mass is 10.1. The molecule has 0 aliphatic carbocycles. The number of nitrogens with one attached hydrogen (secondary N) is 2. The summed E-state index contributed by atoms with van der Waals surface area (Å²) in [6.07, 6.45) is 1.96. The summed E-state index contributed by atoms with van der Waals surface area (Å²) < 4.78 is 5.15. The SMILES string of the molecule is COc1ccc(CCC(=O)N2CCCN(CC(=O)NC(=O)NCC(C)C)CC2)cc1. The van der Waals surface area contributed by atoms with Crippen molar-refractivity contribution in [2.24, 2.45) is 5.92 Å². The van der Waals surface area contributed by atoms with Gasteiger partial charge in [0.15, 0.2) is 0 Å². The van der Waals surface area contributed by atoms with Crippen molar-refractivity contribution in [2.75, 3.05) is 46.4 Å². The quantitative estimate of drug-likeness (QED) is 0.670. The number of aryl methyl sites for hydroxylation is 1. The summed E-state index contributed by atoms with van der Waals surface area (Å²) in [5.41, 5.74) is 1.10. The van der Waals surface area contributed by atoms with Gasteiger partial charge in [-0.2, -0.15) is 0 Å². The van der Waals surface area contributed by atoms with Crippen LogP contribution in [-0.4, -0.2) is 74.0 Å². The topological polar surface area (TPSA) is 91.0 Å². The zero-order valence-corrected chi connectivity index (χ0v) is 18.3. The van der Waals surface area contributed by atoms with Crippen LogP contribution in [0.5, 0.6) is 5.75 Å². The number of carbonyl (C=O) groups excluding carboxylic acids is 3. The number of methoxy groups -OCH3 is 1. The van der Waals surface area contributed by atoms with Gasteiger partial charge in [-0.1, -0.05) is 26.0 Å². The second-order valence-electron chi connectivity index (χ2n) is 8.01. The monoisotopic (exact) mass is 418 g/mol. The normalized spacial score (nSPS) is 14.9. The van der Waals surface area contributed by atoms with Gasteiger partial charge in [0.25, 0.3) is 0 Å². The maximum Gasteiger partial charge on any atom is 0.321 e. The molecule has 166 valence electrons. The van der Waals surface area contributed by atoms with Gasteiger partial charge < -0.3 is 15.0 Å². The van der Waals surface area contributed by atoms with Crippen LogP contribution >= 0.6 is 0 Å². The van der Waals surface area contributed by atoms with Crippen molar-refractivity contribution in [3.63, 3.8) is 0 Å². The fourth-order valence-electron chi connectivity index (χ4n) is 3.29. The molecule has 8 heteroatoms. The summed E-state index contributed by atoms with van der Waals surface area (Å²) in [5.74, 6) is 0.935. The van der Waals surface area contributed by atoms with Crippen molar-refractivity contribution in [2.45, 2.75) is 33.1 Å². The molecule has 2 N–H and O–H groups in total. The van der Waals surface area contributed by atoms with Crippen molar-refractivity contribution in [3.05, 3.63) is 29.8 Å². The zero-order chi connectivity index (χ0) is 21.9. The number of carbonyl (C=O) groups is 3. The first-order chi connectivity index (χ1) is 14.4. The molecule has 0 unspecified atom stereocenters. The third-order valence-corrected chi connectivity index (χ3v) is 5.02. The van der Waals surface area contributed by atoms with E-state index < -0.39 is 6.03 Å². The molecule has 4 amide bonds. The minimum absolute atomic E-state index is 0.130. The van der Waals surface area contributed by atoms with Gasteiger partial charge in [0.1, 0.15) is 5.75 Å². The zero-order valence-electron chi connectivity index (χ0n) is 18.3. The molecule has 30 heavy (non-hydrogen) atoms. The second kappa shape index (κ2) is 12.2. The Morgan fingerprint density at radius 1 is 1.07 bits per heavy atom. The third kappa shape index (κ3) is 8.41. The molecule has 1 aliphatic heterocycles. The molecule has 1 aromatic rings. The fourth-order valence-corrected chi connectivity index (χ4v) is 3.29. The third-order valence-electron chi connectivity index (χ3n) is 5.02. The van der Waals surface area contributed by atoms with Gasteiger partial charge in [-0.15, -0.1) is 0 Å². The minimum atomic E-state index is -0.459. The van der Waals surface area contributed by atoms with Crippen LogP contribution in [-0.2, 0) is 16.0 Å². The molecule has 0 atom stereocenters. The van der Waals surface area contributed by atoms with Crippen LogP contribution in [0.25, 0.3) is 0 Å². The smallest absolute Gasteiger partial charge is 0.321 e. The van der Waals surface area contributed by atoms with E-state index in [1.807, 2.05) is 47.9 Å². The second-order valence-corrected chi connectivity index (χ2v) is 8.01. The van der Waals surface area contributed by atoms with Crippen LogP contribution in [0.15, 0.2) is 24.3 Å². The molecule has 0 aromatic heterocycles. The highest BCUT2D eigenvalue weighted by atomic mass is 16.5. The number of hydrogen-bond acceptors (Lipinski definition) is 5. The molecular formula is C22H34N4O4. The van der Waals surface area contributed by atoms with Crippen LogP contribution < -0.4 is 15.4 Å². The van der Waals surface area contributed by atoms with Crippen LogP contribution in [0.4, 0.5) is 4.79 Å². The highest BCUT2D eigenvalue weighted by molar-refractivity contribution is 5.95. The highest BCUT2D eigenvalue weighted by Gasteiger charge is 2.21. The van der Waals surface area contributed by atoms with Crippen molar-refractivity contribution in [3.8, 4) is 5.75 Å². The number of nitrogens with zero attached hydrogens (tertiary/aromatic N) is 2. The van der Waals surface area contributed by atoms with Crippen molar-refractivity contribution in [1.82, 2.24) is 20.4 Å². The Morgan fingerprint density at radius 3 is 2.47 bits per heavy atom. The van der Waals surface area contributed by atoms with E-state index in [0.29, 0.717) is 44.9 Å². The summed E-state index contributed by atoms with van der Waals surface area (Å²) in [4.78, 5) is 40.3. The molecule has 1 aliphatic rings. The van der Waals surface area contributed by atoms with E-state index in [-0.39, 0.29) is 18.4 Å². The van der Waals surface area contributed by atoms with Crippen molar-refractivity contribution >= 4 is 17.8 Å². The predicted molar refractivity (Wildman–Crippen MR) is 115 cm³/mol. The Kier molecular flexibility index (Phi) is 9.60. The number of benzene rings is 1. The molecule has 2 rings (SSSR count). The highest BCUT2D eigenvalue weighted by Crippen LogP contribution is 2.13. The van der Waals surface area contributed by atoms with E-state index >= 15 is 0 Å². The Labute approximate surface area is 178 Å². The molecule has 1 saturated heterocycles. The minimum Gasteiger partial charge on any atom is -0.497 e. The number of rotatable bonds is 8. The van der Waals surface area contributed by atoms with Gasteiger partial charge >= 0.3 is 6.03 Å². The predicted octanol–water partition coefficient (Wildman–Crippen LogP) is 1.64. The number of hydrogen-bond donors (Lipinski definition) is 2. The van der Waals surface area contributed by atoms with E-state index in [4.69, 9.17) is 4.74 Å². The molecule has 1 fully saturated rings. The summed E-state index contributed by atoms with van der Waals surface area (Å²) in [6.45, 7) is 7.29. The lowest BCUT2D eigenvalue weighted by Gasteiger charge is -2.22. The summed E-state index contributed by atoms with van der Waals surface area (Å²) >= 11 is 0. The average Bonchev–Trinajstić information content (AvgIpc) is 2.96. The van der Waals surface area contributed by atoms with Crippen molar-refractivity contribution in [1.29, 1.82) is 0 Å². The van der Waals surface area contributed by atoms with Gasteiger partial charge in [0.05, 0.1) is 13.7 Å². The molecule has 1 heterocycles. The maximum absolute atomic E-state index is 12.6. The van der Waals surface area contributed by atoms with E-state index in [1.54, 1.807) is 7.11 Å². The van der Waals surface area contributed by atoms with Gasteiger partial charge in [-0.05, 0) is 36.5 Å². The van der Waals surface area contributed by atoms with Gasteiger partial charge in [0.2, 0.25) is 11.8 Å².